The number of nitrogens with zero attached hydrogens (tertiary/aromatic N) is 6. The van der Waals surface area contributed by atoms with E-state index in [0.717, 1.165) is 55.5 Å². The second-order valence-corrected chi connectivity index (χ2v) is 8.63. The molecule has 0 unspecified atom stereocenters. The number of hydrogen-bond donors (Lipinski definition) is 0. The molecule has 0 aromatic carbocycles. The first kappa shape index (κ1) is 18.4. The van der Waals surface area contributed by atoms with Crippen LogP contribution in [0.15, 0.2) is 18.7 Å². The highest BCUT2D eigenvalue weighted by Crippen LogP contribution is 2.35. The average Bonchev–Trinajstić information content (AvgIpc) is 3.25. The molecule has 3 aromatic heterocycles. The lowest BCUT2D eigenvalue weighted by molar-refractivity contribution is 0.194. The summed E-state index contributed by atoms with van der Waals surface area (Å²) in [6, 6.07) is 0.589. The van der Waals surface area contributed by atoms with Gasteiger partial charge in [0.2, 0.25) is 0 Å². The lowest BCUT2D eigenvalue weighted by Gasteiger charge is -2.37. The van der Waals surface area contributed by atoms with Crippen LogP contribution < -0.4 is 4.90 Å². The smallest absolute Gasteiger partial charge is 0.141 e. The van der Waals surface area contributed by atoms with Gasteiger partial charge in [-0.25, -0.2) is 15.0 Å². The fourth-order valence-corrected chi connectivity index (χ4v) is 5.05. The maximum Gasteiger partial charge on any atom is 0.141 e. The Labute approximate surface area is 164 Å². The highest BCUT2D eigenvalue weighted by molar-refractivity contribution is 7.18. The number of anilines is 1. The molecule has 1 aliphatic heterocycles. The van der Waals surface area contributed by atoms with E-state index in [9.17, 15) is 0 Å². The molecule has 27 heavy (non-hydrogen) atoms. The summed E-state index contributed by atoms with van der Waals surface area (Å²) < 4.78 is 2.23. The van der Waals surface area contributed by atoms with Gasteiger partial charge in [-0.2, -0.15) is 0 Å². The summed E-state index contributed by atoms with van der Waals surface area (Å²) in [4.78, 5) is 21.0. The van der Waals surface area contributed by atoms with Crippen molar-refractivity contribution in [2.45, 2.75) is 52.7 Å². The zero-order valence-electron chi connectivity index (χ0n) is 16.6. The van der Waals surface area contributed by atoms with Crippen molar-refractivity contribution in [1.82, 2.24) is 24.4 Å². The molecule has 0 spiro atoms. The SMILES string of the molecule is CCn1ccnc1CN(C)C1CCN(c2ncnc3sc(C)c(C)c23)CC1. The van der Waals surface area contributed by atoms with E-state index in [-0.39, 0.29) is 0 Å². The van der Waals surface area contributed by atoms with E-state index in [1.807, 2.05) is 6.20 Å². The van der Waals surface area contributed by atoms with Crippen LogP contribution in [0.5, 0.6) is 0 Å². The van der Waals surface area contributed by atoms with Gasteiger partial charge >= 0.3 is 0 Å². The number of imidazole rings is 1. The Bertz CT molecular complexity index is 922. The van der Waals surface area contributed by atoms with Gasteiger partial charge in [0, 0.05) is 42.9 Å². The van der Waals surface area contributed by atoms with E-state index < -0.39 is 0 Å². The Morgan fingerprint density at radius 1 is 1.19 bits per heavy atom. The van der Waals surface area contributed by atoms with Crippen LogP contribution in [-0.2, 0) is 13.1 Å². The Hall–Kier alpha value is -1.99. The minimum absolute atomic E-state index is 0.589. The van der Waals surface area contributed by atoms with Crippen molar-refractivity contribution in [3.05, 3.63) is 35.0 Å². The second-order valence-electron chi connectivity index (χ2n) is 7.42. The van der Waals surface area contributed by atoms with Crippen LogP contribution in [0, 0.1) is 13.8 Å². The van der Waals surface area contributed by atoms with Crippen LogP contribution in [0.4, 0.5) is 5.82 Å². The van der Waals surface area contributed by atoms with Gasteiger partial charge in [0.05, 0.1) is 11.9 Å². The van der Waals surface area contributed by atoms with E-state index in [1.165, 1.54) is 15.8 Å². The summed E-state index contributed by atoms with van der Waals surface area (Å²) in [6.07, 6.45) is 7.99. The minimum atomic E-state index is 0.589. The third-order valence-electron chi connectivity index (χ3n) is 5.87. The van der Waals surface area contributed by atoms with Gasteiger partial charge in [0.15, 0.2) is 0 Å². The summed E-state index contributed by atoms with van der Waals surface area (Å²) in [7, 11) is 2.23. The fraction of sp³-hybridized carbons (Fsp3) is 0.550. The molecule has 1 fully saturated rings. The lowest BCUT2D eigenvalue weighted by Crippen LogP contribution is -2.43. The summed E-state index contributed by atoms with van der Waals surface area (Å²) in [6.45, 7) is 10.5. The molecule has 3 aromatic rings. The number of rotatable bonds is 5. The van der Waals surface area contributed by atoms with E-state index >= 15 is 0 Å². The number of hydrogen-bond acceptors (Lipinski definition) is 6. The topological polar surface area (TPSA) is 50.1 Å². The van der Waals surface area contributed by atoms with Gasteiger partial charge in [-0.05, 0) is 46.2 Å². The molecule has 0 bridgehead atoms. The van der Waals surface area contributed by atoms with Crippen LogP contribution >= 0.6 is 11.3 Å². The molecule has 6 nitrogen and oxygen atoms in total. The number of piperidine rings is 1. The molecule has 144 valence electrons. The van der Waals surface area contributed by atoms with Gasteiger partial charge in [-0.3, -0.25) is 4.90 Å². The summed E-state index contributed by atoms with van der Waals surface area (Å²) >= 11 is 1.77. The number of aromatic nitrogens is 4. The Kier molecular flexibility index (Phi) is 5.14. The molecule has 0 amide bonds. The minimum Gasteiger partial charge on any atom is -0.356 e. The van der Waals surface area contributed by atoms with Gasteiger partial charge in [0.25, 0.3) is 0 Å². The molecule has 0 radical (unpaired) electrons. The van der Waals surface area contributed by atoms with Crippen LogP contribution in [-0.4, -0.2) is 50.6 Å². The van der Waals surface area contributed by atoms with Crippen LogP contribution in [0.25, 0.3) is 10.2 Å². The largest absolute Gasteiger partial charge is 0.356 e. The van der Waals surface area contributed by atoms with Crippen molar-refractivity contribution in [3.63, 3.8) is 0 Å². The first-order valence-electron chi connectivity index (χ1n) is 9.74. The van der Waals surface area contributed by atoms with Crippen molar-refractivity contribution in [2.75, 3.05) is 25.0 Å². The second kappa shape index (κ2) is 7.56. The van der Waals surface area contributed by atoms with E-state index in [4.69, 9.17) is 0 Å². The molecule has 0 N–H and O–H groups in total. The molecule has 4 rings (SSSR count). The van der Waals surface area contributed by atoms with Crippen molar-refractivity contribution >= 4 is 27.4 Å². The Morgan fingerprint density at radius 2 is 1.96 bits per heavy atom. The third-order valence-corrected chi connectivity index (χ3v) is 6.98. The van der Waals surface area contributed by atoms with Gasteiger partial charge in [-0.15, -0.1) is 11.3 Å². The highest BCUT2D eigenvalue weighted by atomic mass is 32.1. The fourth-order valence-electron chi connectivity index (χ4n) is 4.05. The Balaban J connectivity index is 1.45. The highest BCUT2D eigenvalue weighted by Gasteiger charge is 2.26. The van der Waals surface area contributed by atoms with E-state index in [1.54, 1.807) is 17.7 Å². The monoisotopic (exact) mass is 384 g/mol. The lowest BCUT2D eigenvalue weighted by atomic mass is 10.0. The summed E-state index contributed by atoms with van der Waals surface area (Å²) in [5.41, 5.74) is 1.33. The maximum absolute atomic E-state index is 4.65. The molecule has 7 heteroatoms. The average molecular weight is 385 g/mol. The molecule has 1 aliphatic rings. The number of aryl methyl sites for hydroxylation is 3. The zero-order valence-corrected chi connectivity index (χ0v) is 17.5. The van der Waals surface area contributed by atoms with Crippen molar-refractivity contribution < 1.29 is 0 Å². The standard InChI is InChI=1S/C20H28N6S/c1-5-25-11-8-21-17(25)12-24(4)16-6-9-26(10-7-16)19-18-14(2)15(3)27-20(18)23-13-22-19/h8,11,13,16H,5-7,9-10,12H2,1-4H3. The van der Waals surface area contributed by atoms with Crippen LogP contribution in [0.3, 0.4) is 0 Å². The zero-order chi connectivity index (χ0) is 19.0. The van der Waals surface area contributed by atoms with E-state index in [2.05, 4.69) is 63.3 Å². The number of thiophene rings is 1. The van der Waals surface area contributed by atoms with Gasteiger partial charge in [-0.1, -0.05) is 0 Å². The first-order valence-corrected chi connectivity index (χ1v) is 10.6. The molecule has 0 aliphatic carbocycles. The third kappa shape index (κ3) is 3.46. The molecule has 0 saturated carbocycles. The van der Waals surface area contributed by atoms with Crippen molar-refractivity contribution in [2.24, 2.45) is 0 Å². The molecular formula is C20H28N6S. The van der Waals surface area contributed by atoms with Crippen molar-refractivity contribution in [3.8, 4) is 0 Å². The molecule has 0 atom stereocenters. The quantitative estimate of drug-likeness (QED) is 0.672. The Morgan fingerprint density at radius 3 is 2.70 bits per heavy atom. The first-order chi connectivity index (χ1) is 13.1. The van der Waals surface area contributed by atoms with Gasteiger partial charge in [0.1, 0.15) is 22.8 Å². The van der Waals surface area contributed by atoms with E-state index in [0.29, 0.717) is 6.04 Å². The normalized spacial score (nSPS) is 16.0. The summed E-state index contributed by atoms with van der Waals surface area (Å²) in [5, 5.41) is 1.25. The van der Waals surface area contributed by atoms with Crippen LogP contribution in [0.1, 0.15) is 36.0 Å². The number of fused-ring (bicyclic) bond motifs is 1. The maximum atomic E-state index is 4.65. The molecule has 1 saturated heterocycles. The van der Waals surface area contributed by atoms with Crippen molar-refractivity contribution in [1.29, 1.82) is 0 Å². The van der Waals surface area contributed by atoms with Gasteiger partial charge < -0.3 is 9.47 Å². The molecule has 4 heterocycles. The predicted octanol–water partition coefficient (Wildman–Crippen LogP) is 3.63. The van der Waals surface area contributed by atoms with Crippen LogP contribution in [0.2, 0.25) is 0 Å². The summed E-state index contributed by atoms with van der Waals surface area (Å²) in [5.74, 6) is 2.27. The molecular weight excluding hydrogens is 356 g/mol. The predicted molar refractivity (Wildman–Crippen MR) is 111 cm³/mol.